The summed E-state index contributed by atoms with van der Waals surface area (Å²) in [5, 5.41) is 0.515. The van der Waals surface area contributed by atoms with Gasteiger partial charge in [0.05, 0.1) is 38.3 Å². The van der Waals surface area contributed by atoms with Crippen LogP contribution in [-0.2, 0) is 17.8 Å². The molecule has 2 aromatic heterocycles. The van der Waals surface area contributed by atoms with Gasteiger partial charge in [0.25, 0.3) is 5.56 Å². The zero-order chi connectivity index (χ0) is 24.5. The second-order valence-electron chi connectivity index (χ2n) is 8.34. The van der Waals surface area contributed by atoms with E-state index in [1.165, 1.54) is 20.0 Å². The van der Waals surface area contributed by atoms with Crippen molar-refractivity contribution in [3.05, 3.63) is 86.3 Å². The molecule has 0 aliphatic carbocycles. The zero-order valence-electron chi connectivity index (χ0n) is 19.0. The topological polar surface area (TPSA) is 97.4 Å². The molecule has 0 bridgehead atoms. The predicted octanol–water partition coefficient (Wildman–Crippen LogP) is 3.07. The molecule has 1 fully saturated rings. The number of ether oxygens (including phenoxy) is 2. The standard InChI is InChI=1S/C25H23ClN4O5/c1-34-19-10-4-16(5-11-19)21(31)14-28-15-27-23-22(28)24(32)29(13-20-3-2-12-35-20)25(33)30(23)18-8-6-17(26)7-9-18/h4-11,15,20H,2-3,12-14H2,1H3/t20-/m1/s1. The van der Waals surface area contributed by atoms with Gasteiger partial charge in [0.1, 0.15) is 5.75 Å². The lowest BCUT2D eigenvalue weighted by molar-refractivity contribution is 0.0947. The molecule has 0 unspecified atom stereocenters. The van der Waals surface area contributed by atoms with Crippen molar-refractivity contribution in [2.75, 3.05) is 13.7 Å². The molecule has 0 saturated carbocycles. The van der Waals surface area contributed by atoms with Crippen molar-refractivity contribution in [3.63, 3.8) is 0 Å². The predicted molar refractivity (Wildman–Crippen MR) is 131 cm³/mol. The first-order valence-corrected chi connectivity index (χ1v) is 11.6. The fourth-order valence-corrected chi connectivity index (χ4v) is 4.42. The molecule has 1 atom stereocenters. The summed E-state index contributed by atoms with van der Waals surface area (Å²) in [5.41, 5.74) is 0.293. The van der Waals surface area contributed by atoms with Gasteiger partial charge in [0.2, 0.25) is 0 Å². The van der Waals surface area contributed by atoms with E-state index in [-0.39, 0.29) is 36.1 Å². The van der Waals surface area contributed by atoms with E-state index >= 15 is 0 Å². The first kappa shape index (κ1) is 23.1. The zero-order valence-corrected chi connectivity index (χ0v) is 19.8. The molecular formula is C25H23ClN4O5. The van der Waals surface area contributed by atoms with Crippen LogP contribution in [0.25, 0.3) is 16.9 Å². The third-order valence-electron chi connectivity index (χ3n) is 6.12. The van der Waals surface area contributed by atoms with Crippen LogP contribution in [0.2, 0.25) is 5.02 Å². The normalized spacial score (nSPS) is 15.5. The van der Waals surface area contributed by atoms with Crippen molar-refractivity contribution in [2.45, 2.75) is 32.0 Å². The van der Waals surface area contributed by atoms with Crippen LogP contribution in [0.15, 0.2) is 64.4 Å². The quantitative estimate of drug-likeness (QED) is 0.366. The summed E-state index contributed by atoms with van der Waals surface area (Å²) in [6, 6.07) is 13.4. The summed E-state index contributed by atoms with van der Waals surface area (Å²) in [6.07, 6.45) is 2.82. The molecule has 10 heteroatoms. The smallest absolute Gasteiger partial charge is 0.337 e. The molecule has 2 aromatic carbocycles. The second-order valence-corrected chi connectivity index (χ2v) is 8.78. The van der Waals surface area contributed by atoms with Crippen molar-refractivity contribution in [1.82, 2.24) is 18.7 Å². The second kappa shape index (κ2) is 9.52. The Balaban J connectivity index is 1.63. The summed E-state index contributed by atoms with van der Waals surface area (Å²) in [4.78, 5) is 44.4. The van der Waals surface area contributed by atoms with Gasteiger partial charge in [0.15, 0.2) is 16.9 Å². The van der Waals surface area contributed by atoms with Crippen LogP contribution in [0, 0.1) is 0 Å². The monoisotopic (exact) mass is 494 g/mol. The number of methoxy groups -OCH3 is 1. The Labute approximate surface area is 205 Å². The minimum atomic E-state index is -0.521. The fourth-order valence-electron chi connectivity index (χ4n) is 4.30. The van der Waals surface area contributed by atoms with Crippen LogP contribution in [0.3, 0.4) is 0 Å². The Bertz CT molecular complexity index is 1500. The van der Waals surface area contributed by atoms with Gasteiger partial charge >= 0.3 is 5.69 Å². The number of aromatic nitrogens is 4. The van der Waals surface area contributed by atoms with E-state index in [1.807, 2.05) is 0 Å². The average molecular weight is 495 g/mol. The van der Waals surface area contributed by atoms with Gasteiger partial charge in [0, 0.05) is 17.2 Å². The fraction of sp³-hybridized carbons (Fsp3) is 0.280. The number of nitrogens with zero attached hydrogens (tertiary/aromatic N) is 4. The maximum Gasteiger partial charge on any atom is 0.337 e. The number of benzene rings is 2. The van der Waals surface area contributed by atoms with E-state index in [4.69, 9.17) is 21.1 Å². The molecule has 1 saturated heterocycles. The highest BCUT2D eigenvalue weighted by Gasteiger charge is 2.24. The first-order chi connectivity index (χ1) is 17.0. The highest BCUT2D eigenvalue weighted by Crippen LogP contribution is 2.18. The Morgan fingerprint density at radius 3 is 2.54 bits per heavy atom. The average Bonchev–Trinajstić information content (AvgIpc) is 3.53. The number of imidazole rings is 1. The lowest BCUT2D eigenvalue weighted by Gasteiger charge is -2.15. The Morgan fingerprint density at radius 1 is 1.14 bits per heavy atom. The largest absolute Gasteiger partial charge is 0.497 e. The molecule has 4 aromatic rings. The van der Waals surface area contributed by atoms with Gasteiger partial charge in [-0.25, -0.2) is 14.3 Å². The van der Waals surface area contributed by atoms with E-state index in [0.29, 0.717) is 28.6 Å². The van der Waals surface area contributed by atoms with Crippen LogP contribution in [0.1, 0.15) is 23.2 Å². The summed E-state index contributed by atoms with van der Waals surface area (Å²) in [6.45, 7) is 0.608. The van der Waals surface area contributed by atoms with Crippen molar-refractivity contribution in [2.24, 2.45) is 0 Å². The van der Waals surface area contributed by atoms with Gasteiger partial charge in [-0.2, -0.15) is 0 Å². The van der Waals surface area contributed by atoms with E-state index in [2.05, 4.69) is 4.98 Å². The highest BCUT2D eigenvalue weighted by molar-refractivity contribution is 6.30. The number of hydrogen-bond acceptors (Lipinski definition) is 6. The number of halogens is 1. The van der Waals surface area contributed by atoms with E-state index in [0.717, 1.165) is 12.8 Å². The molecule has 5 rings (SSSR count). The molecule has 3 heterocycles. The van der Waals surface area contributed by atoms with Crippen LogP contribution < -0.4 is 16.0 Å². The minimum absolute atomic E-state index is 0.114. The van der Waals surface area contributed by atoms with Crippen molar-refractivity contribution >= 4 is 28.5 Å². The van der Waals surface area contributed by atoms with E-state index < -0.39 is 11.2 Å². The maximum atomic E-state index is 13.5. The molecule has 1 aliphatic heterocycles. The molecular weight excluding hydrogens is 472 g/mol. The first-order valence-electron chi connectivity index (χ1n) is 11.2. The Kier molecular flexibility index (Phi) is 6.27. The van der Waals surface area contributed by atoms with E-state index in [9.17, 15) is 14.4 Å². The summed E-state index contributed by atoms with van der Waals surface area (Å²) in [7, 11) is 1.55. The van der Waals surface area contributed by atoms with E-state index in [1.54, 1.807) is 55.6 Å². The summed E-state index contributed by atoms with van der Waals surface area (Å²) >= 11 is 6.04. The van der Waals surface area contributed by atoms with Crippen LogP contribution in [0.4, 0.5) is 0 Å². The number of ketones is 1. The van der Waals surface area contributed by atoms with Crippen LogP contribution >= 0.6 is 11.6 Å². The van der Waals surface area contributed by atoms with Crippen molar-refractivity contribution < 1.29 is 14.3 Å². The van der Waals surface area contributed by atoms with Gasteiger partial charge in [-0.05, 0) is 61.4 Å². The lowest BCUT2D eigenvalue weighted by Crippen LogP contribution is -2.42. The number of Topliss-reactive ketones (excluding diaryl/α,β-unsaturated/α-hetero) is 1. The van der Waals surface area contributed by atoms with Crippen molar-refractivity contribution in [1.29, 1.82) is 0 Å². The Morgan fingerprint density at radius 2 is 1.89 bits per heavy atom. The summed E-state index contributed by atoms with van der Waals surface area (Å²) in [5.74, 6) is 0.430. The van der Waals surface area contributed by atoms with Crippen LogP contribution in [0.5, 0.6) is 5.75 Å². The van der Waals surface area contributed by atoms with Gasteiger partial charge < -0.3 is 14.0 Å². The van der Waals surface area contributed by atoms with Crippen LogP contribution in [-0.4, -0.2) is 44.3 Å². The van der Waals surface area contributed by atoms with Gasteiger partial charge in [-0.3, -0.25) is 14.2 Å². The Hall–Kier alpha value is -3.69. The van der Waals surface area contributed by atoms with Crippen molar-refractivity contribution in [3.8, 4) is 11.4 Å². The minimum Gasteiger partial charge on any atom is -0.497 e. The molecule has 180 valence electrons. The number of rotatable bonds is 7. The maximum absolute atomic E-state index is 13.5. The molecule has 35 heavy (non-hydrogen) atoms. The molecule has 9 nitrogen and oxygen atoms in total. The number of fused-ring (bicyclic) bond motifs is 1. The lowest BCUT2D eigenvalue weighted by atomic mass is 10.1. The van der Waals surface area contributed by atoms with Gasteiger partial charge in [-0.15, -0.1) is 0 Å². The third kappa shape index (κ3) is 4.40. The molecule has 0 radical (unpaired) electrons. The molecule has 0 spiro atoms. The third-order valence-corrected chi connectivity index (χ3v) is 6.37. The summed E-state index contributed by atoms with van der Waals surface area (Å²) < 4.78 is 14.9. The highest BCUT2D eigenvalue weighted by atomic mass is 35.5. The molecule has 0 N–H and O–H groups in total. The number of carbonyl (C=O) groups is 1. The van der Waals surface area contributed by atoms with Gasteiger partial charge in [-0.1, -0.05) is 11.6 Å². The number of carbonyl (C=O) groups excluding carboxylic acids is 1. The SMILES string of the molecule is COc1ccc(C(=O)Cn2cnc3c2c(=O)n(C[C@H]2CCCO2)c(=O)n3-c2ccc(Cl)cc2)cc1. The number of hydrogen-bond donors (Lipinski definition) is 0. The molecule has 1 aliphatic rings. The molecule has 0 amide bonds.